The van der Waals surface area contributed by atoms with Crippen LogP contribution in [0.5, 0.6) is 0 Å². The molecule has 4 aromatic rings. The van der Waals surface area contributed by atoms with Gasteiger partial charge in [-0.1, -0.05) is 0 Å². The van der Waals surface area contributed by atoms with Crippen LogP contribution in [0.3, 0.4) is 0 Å². The minimum atomic E-state index is -4.68. The minimum Gasteiger partial charge on any atom is -0.339 e. The topological polar surface area (TPSA) is 87.7 Å². The van der Waals surface area contributed by atoms with Crippen molar-refractivity contribution in [2.75, 3.05) is 10.9 Å². The van der Waals surface area contributed by atoms with Crippen molar-refractivity contribution in [2.45, 2.75) is 0 Å². The molecule has 0 amide bonds. The molecule has 0 saturated heterocycles. The summed E-state index contributed by atoms with van der Waals surface area (Å²) in [5, 5.41) is 0.497. The Morgan fingerprint density at radius 3 is 2.57 bits per heavy atom. The zero-order valence-electron chi connectivity index (χ0n) is 17.1. The largest absolute Gasteiger partial charge is 0.339 e. The second-order valence-corrected chi connectivity index (χ2v) is 7.19. The fourth-order valence-corrected chi connectivity index (χ4v) is 3.30. The number of aromatic amines is 1. The SMILES string of the molecule is [2H]C([2H])([2H])S(=O)(=O)Nc1ccc(-c2ncnc3[nH]c(-c4ccc(F)cc4)cc23)c(F)c1. The van der Waals surface area contributed by atoms with Crippen LogP contribution in [-0.4, -0.2) is 29.6 Å². The van der Waals surface area contributed by atoms with Gasteiger partial charge >= 0.3 is 0 Å². The fourth-order valence-electron chi connectivity index (χ4n) is 2.87. The van der Waals surface area contributed by atoms with Gasteiger partial charge in [0.2, 0.25) is 10.0 Å². The lowest BCUT2D eigenvalue weighted by molar-refractivity contribution is 0.606. The van der Waals surface area contributed by atoms with E-state index in [9.17, 15) is 17.2 Å². The second kappa shape index (κ2) is 6.68. The van der Waals surface area contributed by atoms with E-state index in [0.29, 0.717) is 22.3 Å². The summed E-state index contributed by atoms with van der Waals surface area (Å²) in [6.45, 7) is 0. The summed E-state index contributed by atoms with van der Waals surface area (Å²) in [5.41, 5.74) is 1.82. The van der Waals surface area contributed by atoms with Crippen molar-refractivity contribution in [3.8, 4) is 22.5 Å². The van der Waals surface area contributed by atoms with Gasteiger partial charge in [0.05, 0.1) is 17.6 Å². The van der Waals surface area contributed by atoms with Crippen molar-refractivity contribution in [3.63, 3.8) is 0 Å². The summed E-state index contributed by atoms with van der Waals surface area (Å²) in [5.74, 6) is -1.19. The van der Waals surface area contributed by atoms with Gasteiger partial charge in [0.1, 0.15) is 23.6 Å². The van der Waals surface area contributed by atoms with E-state index in [1.54, 1.807) is 18.2 Å². The van der Waals surface area contributed by atoms with Crippen molar-refractivity contribution < 1.29 is 21.3 Å². The highest BCUT2D eigenvalue weighted by Gasteiger charge is 2.15. The first-order valence-corrected chi connectivity index (χ1v) is 9.45. The summed E-state index contributed by atoms with van der Waals surface area (Å²) in [7, 11) is -4.68. The predicted octanol–water partition coefficient (Wildman–Crippen LogP) is 3.94. The summed E-state index contributed by atoms with van der Waals surface area (Å²) in [4.78, 5) is 11.3. The number of hydrogen-bond acceptors (Lipinski definition) is 4. The van der Waals surface area contributed by atoms with Crippen molar-refractivity contribution in [1.29, 1.82) is 0 Å². The number of nitrogens with zero attached hydrogens (tertiary/aromatic N) is 2. The van der Waals surface area contributed by atoms with Gasteiger partial charge in [-0.25, -0.2) is 27.2 Å². The Morgan fingerprint density at radius 1 is 1.07 bits per heavy atom. The van der Waals surface area contributed by atoms with Crippen molar-refractivity contribution in [3.05, 3.63) is 66.5 Å². The zero-order valence-corrected chi connectivity index (χ0v) is 14.9. The third kappa shape index (κ3) is 3.56. The van der Waals surface area contributed by atoms with E-state index >= 15 is 0 Å². The molecule has 142 valence electrons. The maximum atomic E-state index is 14.8. The fraction of sp³-hybridized carbons (Fsp3) is 0.0526. The molecule has 0 radical (unpaired) electrons. The summed E-state index contributed by atoms with van der Waals surface area (Å²) in [6, 6.07) is 10.9. The summed E-state index contributed by atoms with van der Waals surface area (Å²) >= 11 is 0. The van der Waals surface area contributed by atoms with Gasteiger partial charge in [0.15, 0.2) is 0 Å². The molecule has 0 saturated carbocycles. The molecule has 2 heterocycles. The molecule has 2 N–H and O–H groups in total. The van der Waals surface area contributed by atoms with E-state index in [2.05, 4.69) is 15.0 Å². The monoisotopic (exact) mass is 403 g/mol. The maximum Gasteiger partial charge on any atom is 0.229 e. The third-order valence-corrected chi connectivity index (χ3v) is 4.56. The third-order valence-electron chi connectivity index (χ3n) is 4.06. The van der Waals surface area contributed by atoms with Crippen LogP contribution in [0.15, 0.2) is 54.9 Å². The average molecular weight is 403 g/mol. The molecule has 4 rings (SSSR count). The highest BCUT2D eigenvalue weighted by molar-refractivity contribution is 7.92. The molecule has 9 heteroatoms. The lowest BCUT2D eigenvalue weighted by atomic mass is 10.1. The molecule has 6 nitrogen and oxygen atoms in total. The molecule has 2 aromatic carbocycles. The normalized spacial score (nSPS) is 13.7. The number of anilines is 1. The number of hydrogen-bond donors (Lipinski definition) is 2. The summed E-state index contributed by atoms with van der Waals surface area (Å²) in [6.07, 6.45) is -2.05. The highest BCUT2D eigenvalue weighted by Crippen LogP contribution is 2.32. The standard InChI is InChI=1S/C19H14F2N4O2S/c1-28(26,27)25-13-6-7-14(16(21)8-13)18-15-9-17(24-19(15)23-10-22-18)11-2-4-12(20)5-3-11/h2-10,25H,1H3,(H,22,23,24)/i1D3. The number of benzene rings is 2. The molecule has 0 unspecified atom stereocenters. The van der Waals surface area contributed by atoms with Gasteiger partial charge < -0.3 is 4.98 Å². The van der Waals surface area contributed by atoms with Gasteiger partial charge in [-0.15, -0.1) is 0 Å². The molecule has 0 atom stereocenters. The van der Waals surface area contributed by atoms with Crippen molar-refractivity contribution >= 4 is 26.7 Å². The molecule has 0 aliphatic carbocycles. The molecule has 0 bridgehead atoms. The van der Waals surface area contributed by atoms with Gasteiger partial charge in [0.25, 0.3) is 0 Å². The molecule has 0 spiro atoms. The number of aromatic nitrogens is 3. The van der Waals surface area contributed by atoms with Crippen LogP contribution in [0.25, 0.3) is 33.5 Å². The van der Waals surface area contributed by atoms with E-state index in [1.165, 1.54) is 30.6 Å². The second-order valence-electron chi connectivity index (χ2n) is 5.97. The van der Waals surface area contributed by atoms with Crippen LogP contribution in [0.2, 0.25) is 0 Å². The highest BCUT2D eigenvalue weighted by atomic mass is 32.2. The van der Waals surface area contributed by atoms with Crippen LogP contribution in [0, 0.1) is 11.6 Å². The number of nitrogens with one attached hydrogen (secondary N) is 2. The van der Waals surface area contributed by atoms with E-state index in [0.717, 1.165) is 6.07 Å². The Morgan fingerprint density at radius 2 is 1.86 bits per heavy atom. The molecule has 28 heavy (non-hydrogen) atoms. The predicted molar refractivity (Wildman–Crippen MR) is 103 cm³/mol. The molecule has 2 aromatic heterocycles. The number of halogens is 2. The van der Waals surface area contributed by atoms with Crippen LogP contribution in [-0.2, 0) is 10.0 Å². The van der Waals surface area contributed by atoms with Crippen LogP contribution in [0.4, 0.5) is 14.5 Å². The van der Waals surface area contributed by atoms with Crippen LogP contribution in [0.1, 0.15) is 4.11 Å². The van der Waals surface area contributed by atoms with Crippen LogP contribution < -0.4 is 4.72 Å². The minimum absolute atomic E-state index is 0.0638. The lowest BCUT2D eigenvalue weighted by Crippen LogP contribution is -2.09. The van der Waals surface area contributed by atoms with E-state index in [4.69, 9.17) is 4.11 Å². The van der Waals surface area contributed by atoms with Gasteiger partial charge in [-0.05, 0) is 54.1 Å². The van der Waals surface area contributed by atoms with Crippen molar-refractivity contribution in [2.24, 2.45) is 0 Å². The molecule has 0 aliphatic heterocycles. The number of H-pyrrole nitrogens is 1. The Bertz CT molecular complexity index is 1390. The quantitative estimate of drug-likeness (QED) is 0.540. The number of fused-ring (bicyclic) bond motifs is 1. The molecular formula is C19H14F2N4O2S. The zero-order chi connectivity index (χ0) is 22.4. The number of rotatable bonds is 4. The first-order chi connectivity index (χ1) is 14.5. The van der Waals surface area contributed by atoms with Crippen molar-refractivity contribution in [1.82, 2.24) is 15.0 Å². The first-order valence-electron chi connectivity index (χ1n) is 9.47. The molecule has 0 aliphatic rings. The molecule has 0 fully saturated rings. The first kappa shape index (κ1) is 14.7. The Hall–Kier alpha value is -3.33. The van der Waals surface area contributed by atoms with Gasteiger partial charge in [0, 0.05) is 20.8 Å². The van der Waals surface area contributed by atoms with Gasteiger partial charge in [-0.3, -0.25) is 4.72 Å². The number of sulfonamides is 1. The Labute approximate surface area is 163 Å². The smallest absolute Gasteiger partial charge is 0.229 e. The summed E-state index contributed by atoms with van der Waals surface area (Å²) < 4.78 is 74.5. The lowest BCUT2D eigenvalue weighted by Gasteiger charge is -2.07. The van der Waals surface area contributed by atoms with E-state index < -0.39 is 22.0 Å². The Balaban J connectivity index is 1.74. The molecular weight excluding hydrogens is 386 g/mol. The maximum absolute atomic E-state index is 14.8. The average Bonchev–Trinajstić information content (AvgIpc) is 3.12. The van der Waals surface area contributed by atoms with Crippen LogP contribution >= 0.6 is 0 Å². The van der Waals surface area contributed by atoms with E-state index in [1.807, 2.05) is 4.72 Å². The van der Waals surface area contributed by atoms with E-state index in [-0.39, 0.29) is 22.8 Å². The Kier molecular flexibility index (Phi) is 3.51. The van der Waals surface area contributed by atoms with Gasteiger partial charge in [-0.2, -0.15) is 0 Å².